The van der Waals surface area contributed by atoms with E-state index in [-0.39, 0.29) is 0 Å². The molecule has 2 atom stereocenters. The van der Waals surface area contributed by atoms with Crippen molar-refractivity contribution >= 4 is 34.7 Å². The molecule has 1 aliphatic rings. The third-order valence-electron chi connectivity index (χ3n) is 3.32. The zero-order valence-corrected chi connectivity index (χ0v) is 12.9. The van der Waals surface area contributed by atoms with Crippen molar-refractivity contribution in [3.8, 4) is 0 Å². The van der Waals surface area contributed by atoms with Crippen LogP contribution in [0.25, 0.3) is 0 Å². The maximum Gasteiger partial charge on any atom is 0.0934 e. The van der Waals surface area contributed by atoms with Gasteiger partial charge in [0.25, 0.3) is 0 Å². The summed E-state index contributed by atoms with van der Waals surface area (Å²) in [6, 6.07) is 3.29. The van der Waals surface area contributed by atoms with Crippen LogP contribution in [0.15, 0.2) is 6.07 Å². The number of fused-ring (bicyclic) bond motifs is 1. The molecule has 0 aliphatic heterocycles. The first-order valence-corrected chi connectivity index (χ1v) is 8.82. The van der Waals surface area contributed by atoms with E-state index in [1.807, 2.05) is 11.8 Å². The van der Waals surface area contributed by atoms with Crippen molar-refractivity contribution in [3.63, 3.8) is 0 Å². The molecule has 1 N–H and O–H groups in total. The predicted octanol–water partition coefficient (Wildman–Crippen LogP) is 4.51. The van der Waals surface area contributed by atoms with Crippen molar-refractivity contribution in [2.75, 3.05) is 12.0 Å². The summed E-state index contributed by atoms with van der Waals surface area (Å²) < 4.78 is 0.945. The van der Waals surface area contributed by atoms with Crippen molar-refractivity contribution < 1.29 is 0 Å². The molecule has 96 valence electrons. The number of thiophene rings is 1. The maximum absolute atomic E-state index is 6.12. The van der Waals surface area contributed by atoms with E-state index in [2.05, 4.69) is 24.6 Å². The monoisotopic (exact) mass is 289 g/mol. The van der Waals surface area contributed by atoms with Crippen molar-refractivity contribution in [2.45, 2.75) is 44.7 Å². The Morgan fingerprint density at radius 1 is 1.65 bits per heavy atom. The molecule has 0 fully saturated rings. The summed E-state index contributed by atoms with van der Waals surface area (Å²) >= 11 is 9.81. The lowest BCUT2D eigenvalue weighted by atomic mass is 9.93. The Morgan fingerprint density at radius 3 is 3.24 bits per heavy atom. The molecule has 0 amide bonds. The predicted molar refractivity (Wildman–Crippen MR) is 80.6 cm³/mol. The third kappa shape index (κ3) is 3.63. The van der Waals surface area contributed by atoms with Crippen LogP contribution in [0.1, 0.15) is 42.7 Å². The standard InChI is InChI=1S/C13H20ClNS2/c1-9(6-7-16-2)15-11-4-3-5-12-10(11)8-13(14)17-12/h8-9,11,15H,3-7H2,1-2H3. The molecule has 0 saturated carbocycles. The van der Waals surface area contributed by atoms with Crippen molar-refractivity contribution in [1.82, 2.24) is 5.32 Å². The van der Waals surface area contributed by atoms with Gasteiger partial charge in [0.05, 0.1) is 4.34 Å². The molecule has 1 heterocycles. The van der Waals surface area contributed by atoms with E-state index in [1.165, 1.54) is 41.9 Å². The zero-order chi connectivity index (χ0) is 12.3. The molecule has 0 bridgehead atoms. The molecule has 1 aromatic heterocycles. The Labute approximate surface area is 117 Å². The molecule has 1 aliphatic carbocycles. The molecule has 0 radical (unpaired) electrons. The SMILES string of the molecule is CSCCC(C)NC1CCCc2sc(Cl)cc21. The molecule has 0 spiro atoms. The first-order valence-electron chi connectivity index (χ1n) is 6.23. The second kappa shape index (κ2) is 6.46. The first kappa shape index (κ1) is 13.7. The summed E-state index contributed by atoms with van der Waals surface area (Å²) in [5, 5.41) is 3.76. The fraction of sp³-hybridized carbons (Fsp3) is 0.692. The van der Waals surface area contributed by atoms with Gasteiger partial charge in [0.15, 0.2) is 0 Å². The van der Waals surface area contributed by atoms with E-state index in [0.717, 1.165) is 4.34 Å². The lowest BCUT2D eigenvalue weighted by Crippen LogP contribution is -2.32. The molecule has 1 aromatic rings. The Balaban J connectivity index is 1.98. The number of halogens is 1. The summed E-state index contributed by atoms with van der Waals surface area (Å²) in [5.41, 5.74) is 1.46. The molecule has 17 heavy (non-hydrogen) atoms. The van der Waals surface area contributed by atoms with E-state index in [1.54, 1.807) is 11.3 Å². The van der Waals surface area contributed by atoms with Crippen molar-refractivity contribution in [2.24, 2.45) is 0 Å². The Morgan fingerprint density at radius 2 is 2.47 bits per heavy atom. The minimum Gasteiger partial charge on any atom is -0.307 e. The van der Waals surface area contributed by atoms with Gasteiger partial charge < -0.3 is 5.32 Å². The fourth-order valence-corrected chi connectivity index (χ4v) is 4.39. The van der Waals surface area contributed by atoms with Gasteiger partial charge in [0.1, 0.15) is 0 Å². The van der Waals surface area contributed by atoms with E-state index in [4.69, 9.17) is 11.6 Å². The Kier molecular flexibility index (Phi) is 5.22. The van der Waals surface area contributed by atoms with Gasteiger partial charge in [-0.05, 0) is 56.2 Å². The smallest absolute Gasteiger partial charge is 0.0934 e. The second-order valence-electron chi connectivity index (χ2n) is 4.72. The van der Waals surface area contributed by atoms with Gasteiger partial charge in [0, 0.05) is 17.0 Å². The Bertz CT molecular complexity index is 364. The van der Waals surface area contributed by atoms with Gasteiger partial charge in [-0.25, -0.2) is 0 Å². The number of hydrogen-bond acceptors (Lipinski definition) is 3. The second-order valence-corrected chi connectivity index (χ2v) is 7.48. The minimum atomic E-state index is 0.527. The topological polar surface area (TPSA) is 12.0 Å². The highest BCUT2D eigenvalue weighted by atomic mass is 35.5. The van der Waals surface area contributed by atoms with Crippen LogP contribution in [0.3, 0.4) is 0 Å². The summed E-state index contributed by atoms with van der Waals surface area (Å²) in [6.07, 6.45) is 7.17. The largest absolute Gasteiger partial charge is 0.307 e. The van der Waals surface area contributed by atoms with Crippen LogP contribution in [-0.4, -0.2) is 18.1 Å². The molecule has 2 rings (SSSR count). The molecule has 4 heteroatoms. The van der Waals surface area contributed by atoms with Gasteiger partial charge in [-0.2, -0.15) is 11.8 Å². The Hall–Kier alpha value is 0.300. The van der Waals surface area contributed by atoms with Gasteiger partial charge in [0.2, 0.25) is 0 Å². The van der Waals surface area contributed by atoms with Crippen molar-refractivity contribution in [3.05, 3.63) is 20.8 Å². The fourth-order valence-electron chi connectivity index (χ4n) is 2.42. The van der Waals surface area contributed by atoms with Gasteiger partial charge >= 0.3 is 0 Å². The minimum absolute atomic E-state index is 0.527. The number of rotatable bonds is 5. The van der Waals surface area contributed by atoms with Crippen LogP contribution in [0.2, 0.25) is 4.34 Å². The third-order valence-corrected chi connectivity index (χ3v) is 5.31. The normalized spacial score (nSPS) is 21.2. The molecule has 0 saturated heterocycles. The van der Waals surface area contributed by atoms with Crippen LogP contribution in [0.5, 0.6) is 0 Å². The van der Waals surface area contributed by atoms with Crippen LogP contribution in [0, 0.1) is 0 Å². The first-order chi connectivity index (χ1) is 8.20. The van der Waals surface area contributed by atoms with Crippen LogP contribution in [-0.2, 0) is 6.42 Å². The molecular formula is C13H20ClNS2. The molecule has 2 unspecified atom stereocenters. The van der Waals surface area contributed by atoms with Gasteiger partial charge in [-0.1, -0.05) is 11.6 Å². The van der Waals surface area contributed by atoms with E-state index in [0.29, 0.717) is 12.1 Å². The molecule has 0 aromatic carbocycles. The number of nitrogens with one attached hydrogen (secondary N) is 1. The maximum atomic E-state index is 6.12. The number of aryl methyl sites for hydroxylation is 1. The average Bonchev–Trinajstić information content (AvgIpc) is 2.68. The van der Waals surface area contributed by atoms with E-state index in [9.17, 15) is 0 Å². The van der Waals surface area contributed by atoms with Gasteiger partial charge in [-0.3, -0.25) is 0 Å². The van der Waals surface area contributed by atoms with Crippen LogP contribution >= 0.6 is 34.7 Å². The summed E-state index contributed by atoms with van der Waals surface area (Å²) in [6.45, 7) is 2.29. The quantitative estimate of drug-likeness (QED) is 0.856. The van der Waals surface area contributed by atoms with Gasteiger partial charge in [-0.15, -0.1) is 11.3 Å². The van der Waals surface area contributed by atoms with E-state index >= 15 is 0 Å². The highest BCUT2D eigenvalue weighted by molar-refractivity contribution is 7.98. The molecule has 1 nitrogen and oxygen atoms in total. The lowest BCUT2D eigenvalue weighted by Gasteiger charge is -2.27. The zero-order valence-electron chi connectivity index (χ0n) is 10.5. The van der Waals surface area contributed by atoms with E-state index < -0.39 is 0 Å². The van der Waals surface area contributed by atoms with Crippen molar-refractivity contribution in [1.29, 1.82) is 0 Å². The van der Waals surface area contributed by atoms with Crippen LogP contribution < -0.4 is 5.32 Å². The molecular weight excluding hydrogens is 270 g/mol. The summed E-state index contributed by atoms with van der Waals surface area (Å²) in [7, 11) is 0. The summed E-state index contributed by atoms with van der Waals surface area (Å²) in [5.74, 6) is 1.23. The number of hydrogen-bond donors (Lipinski definition) is 1. The van der Waals surface area contributed by atoms with Crippen LogP contribution in [0.4, 0.5) is 0 Å². The number of thioether (sulfide) groups is 1. The highest BCUT2D eigenvalue weighted by Crippen LogP contribution is 2.38. The highest BCUT2D eigenvalue weighted by Gasteiger charge is 2.23. The average molecular weight is 290 g/mol. The summed E-state index contributed by atoms with van der Waals surface area (Å²) in [4.78, 5) is 1.50. The lowest BCUT2D eigenvalue weighted by molar-refractivity contribution is 0.406.